The van der Waals surface area contributed by atoms with Gasteiger partial charge in [0.1, 0.15) is 0 Å². The lowest BCUT2D eigenvalue weighted by molar-refractivity contribution is -0.120. The molecule has 0 bridgehead atoms. The highest BCUT2D eigenvalue weighted by Gasteiger charge is 2.15. The number of benzene rings is 1. The van der Waals surface area contributed by atoms with Gasteiger partial charge in [-0.2, -0.15) is 0 Å². The molecule has 1 unspecified atom stereocenters. The second-order valence-electron chi connectivity index (χ2n) is 5.95. The molecule has 1 atom stereocenters. The number of aromatic amines is 1. The molecule has 0 radical (unpaired) electrons. The van der Waals surface area contributed by atoms with E-state index in [1.165, 1.54) is 0 Å². The highest BCUT2D eigenvalue weighted by Crippen LogP contribution is 2.17. The third-order valence-corrected chi connectivity index (χ3v) is 4.14. The van der Waals surface area contributed by atoms with Crippen LogP contribution < -0.4 is 5.32 Å². The largest absolute Gasteiger partial charge is 0.379 e. The van der Waals surface area contributed by atoms with Gasteiger partial charge in [-0.1, -0.05) is 18.2 Å². The lowest BCUT2D eigenvalue weighted by atomic mass is 10.1. The fourth-order valence-electron chi connectivity index (χ4n) is 2.91. The van der Waals surface area contributed by atoms with Crippen molar-refractivity contribution in [3.63, 3.8) is 0 Å². The van der Waals surface area contributed by atoms with Gasteiger partial charge in [0.25, 0.3) is 0 Å². The molecule has 1 amide bonds. The number of carbonyl (C=O) groups excluding carboxylic acids is 1. The molecule has 1 aliphatic rings. The average molecular weight is 316 g/mol. The van der Waals surface area contributed by atoms with Crippen LogP contribution in [-0.4, -0.2) is 43.4 Å². The minimum atomic E-state index is 0.0499. The number of aromatic nitrogens is 1. The second-order valence-corrected chi connectivity index (χ2v) is 5.95. The zero-order chi connectivity index (χ0) is 15.9. The van der Waals surface area contributed by atoms with Crippen molar-refractivity contribution in [3.8, 4) is 0 Å². The summed E-state index contributed by atoms with van der Waals surface area (Å²) in [5, 5.41) is 4.06. The van der Waals surface area contributed by atoms with Crippen molar-refractivity contribution >= 4 is 16.8 Å². The summed E-state index contributed by atoms with van der Waals surface area (Å²) in [6, 6.07) is 8.03. The van der Waals surface area contributed by atoms with Gasteiger partial charge in [-0.3, -0.25) is 4.79 Å². The van der Waals surface area contributed by atoms with Gasteiger partial charge in [0, 0.05) is 36.9 Å². The van der Waals surface area contributed by atoms with E-state index < -0.39 is 0 Å². The summed E-state index contributed by atoms with van der Waals surface area (Å²) in [4.78, 5) is 15.2. The maximum atomic E-state index is 12.0. The Bertz CT molecular complexity index is 632. The van der Waals surface area contributed by atoms with E-state index in [0.717, 1.165) is 42.3 Å². The standard InChI is InChI=1S/C18H24N2O3/c21-18(11-14-12-20-17-7-2-1-6-16(14)17)19-8-4-9-22-13-15-5-3-10-23-15/h1-2,6-7,12,15,20H,3-5,8-11,13H2,(H,19,21). The van der Waals surface area contributed by atoms with E-state index in [1.807, 2.05) is 30.5 Å². The minimum Gasteiger partial charge on any atom is -0.379 e. The quantitative estimate of drug-likeness (QED) is 0.735. The zero-order valence-corrected chi connectivity index (χ0v) is 13.3. The third kappa shape index (κ3) is 4.56. The molecule has 1 aromatic heterocycles. The average Bonchev–Trinajstić information content (AvgIpc) is 3.21. The van der Waals surface area contributed by atoms with Crippen molar-refractivity contribution in [1.29, 1.82) is 0 Å². The van der Waals surface area contributed by atoms with Crippen LogP contribution in [0.25, 0.3) is 10.9 Å². The Hall–Kier alpha value is -1.85. The fourth-order valence-corrected chi connectivity index (χ4v) is 2.91. The van der Waals surface area contributed by atoms with Crippen LogP contribution in [-0.2, 0) is 20.7 Å². The van der Waals surface area contributed by atoms with E-state index in [4.69, 9.17) is 9.47 Å². The fraction of sp³-hybridized carbons (Fsp3) is 0.500. The molecule has 1 aromatic carbocycles. The van der Waals surface area contributed by atoms with Crippen LogP contribution >= 0.6 is 0 Å². The Labute approximate surface area is 136 Å². The molecule has 0 saturated carbocycles. The summed E-state index contributed by atoms with van der Waals surface area (Å²) in [7, 11) is 0. The highest BCUT2D eigenvalue weighted by molar-refractivity contribution is 5.88. The van der Waals surface area contributed by atoms with Gasteiger partial charge in [-0.05, 0) is 30.9 Å². The first-order chi connectivity index (χ1) is 11.3. The molecule has 124 valence electrons. The van der Waals surface area contributed by atoms with Gasteiger partial charge in [-0.25, -0.2) is 0 Å². The number of rotatable bonds is 8. The first-order valence-electron chi connectivity index (χ1n) is 8.34. The van der Waals surface area contributed by atoms with E-state index in [9.17, 15) is 4.79 Å². The topological polar surface area (TPSA) is 63.4 Å². The molecule has 2 aromatic rings. The van der Waals surface area contributed by atoms with Crippen molar-refractivity contribution in [3.05, 3.63) is 36.0 Å². The van der Waals surface area contributed by atoms with Crippen molar-refractivity contribution < 1.29 is 14.3 Å². The molecular weight excluding hydrogens is 292 g/mol. The Morgan fingerprint density at radius 2 is 2.30 bits per heavy atom. The van der Waals surface area contributed by atoms with Crippen molar-refractivity contribution in [2.75, 3.05) is 26.4 Å². The van der Waals surface area contributed by atoms with Crippen LogP contribution in [0.4, 0.5) is 0 Å². The SMILES string of the molecule is O=C(Cc1c[nH]c2ccccc12)NCCCOCC1CCCO1. The Balaban J connectivity index is 1.32. The first kappa shape index (κ1) is 16.0. The van der Waals surface area contributed by atoms with Gasteiger partial charge in [0.05, 0.1) is 19.1 Å². The molecule has 1 aliphatic heterocycles. The van der Waals surface area contributed by atoms with Gasteiger partial charge in [0.2, 0.25) is 5.91 Å². The number of hydrogen-bond donors (Lipinski definition) is 2. The summed E-state index contributed by atoms with van der Waals surface area (Å²) in [5.41, 5.74) is 2.10. The maximum absolute atomic E-state index is 12.0. The van der Waals surface area contributed by atoms with E-state index in [2.05, 4.69) is 10.3 Å². The van der Waals surface area contributed by atoms with E-state index >= 15 is 0 Å². The number of hydrogen-bond acceptors (Lipinski definition) is 3. The lowest BCUT2D eigenvalue weighted by Crippen LogP contribution is -2.27. The van der Waals surface area contributed by atoms with Crippen molar-refractivity contribution in [2.45, 2.75) is 31.8 Å². The molecule has 0 spiro atoms. The number of fused-ring (bicyclic) bond motifs is 1. The summed E-state index contributed by atoms with van der Waals surface area (Å²) < 4.78 is 11.1. The van der Waals surface area contributed by atoms with E-state index in [0.29, 0.717) is 26.2 Å². The van der Waals surface area contributed by atoms with Crippen LogP contribution in [0.15, 0.2) is 30.5 Å². The van der Waals surface area contributed by atoms with Gasteiger partial charge >= 0.3 is 0 Å². The smallest absolute Gasteiger partial charge is 0.224 e. The number of carbonyl (C=O) groups is 1. The van der Waals surface area contributed by atoms with Crippen LogP contribution in [0.5, 0.6) is 0 Å². The predicted molar refractivity (Wildman–Crippen MR) is 89.4 cm³/mol. The predicted octanol–water partition coefficient (Wildman–Crippen LogP) is 2.41. The van der Waals surface area contributed by atoms with Crippen LogP contribution in [0.3, 0.4) is 0 Å². The normalized spacial score (nSPS) is 17.7. The Kier molecular flexibility index (Phi) is 5.66. The third-order valence-electron chi connectivity index (χ3n) is 4.14. The second kappa shape index (κ2) is 8.13. The highest BCUT2D eigenvalue weighted by atomic mass is 16.5. The molecule has 3 rings (SSSR count). The summed E-state index contributed by atoms with van der Waals surface area (Å²) in [6.07, 6.45) is 5.65. The monoisotopic (exact) mass is 316 g/mol. The number of ether oxygens (including phenoxy) is 2. The van der Waals surface area contributed by atoms with Gasteiger partial charge in [-0.15, -0.1) is 0 Å². The summed E-state index contributed by atoms with van der Waals surface area (Å²) in [6.45, 7) is 2.83. The molecule has 2 N–H and O–H groups in total. The van der Waals surface area contributed by atoms with Crippen LogP contribution in [0.2, 0.25) is 0 Å². The molecule has 0 aliphatic carbocycles. The van der Waals surface area contributed by atoms with Crippen molar-refractivity contribution in [2.24, 2.45) is 0 Å². The molecule has 2 heterocycles. The molecule has 23 heavy (non-hydrogen) atoms. The molecule has 5 heteroatoms. The lowest BCUT2D eigenvalue weighted by Gasteiger charge is -2.10. The number of amides is 1. The van der Waals surface area contributed by atoms with Crippen LogP contribution in [0.1, 0.15) is 24.8 Å². The maximum Gasteiger partial charge on any atom is 0.224 e. The van der Waals surface area contributed by atoms with Crippen molar-refractivity contribution in [1.82, 2.24) is 10.3 Å². The minimum absolute atomic E-state index is 0.0499. The van der Waals surface area contributed by atoms with E-state index in [-0.39, 0.29) is 12.0 Å². The molecule has 5 nitrogen and oxygen atoms in total. The number of nitrogens with one attached hydrogen (secondary N) is 2. The van der Waals surface area contributed by atoms with Crippen LogP contribution in [0, 0.1) is 0 Å². The molecular formula is C18H24N2O3. The molecule has 1 saturated heterocycles. The summed E-state index contributed by atoms with van der Waals surface area (Å²) >= 11 is 0. The van der Waals surface area contributed by atoms with E-state index in [1.54, 1.807) is 0 Å². The van der Waals surface area contributed by atoms with Gasteiger partial charge < -0.3 is 19.8 Å². The number of H-pyrrole nitrogens is 1. The van der Waals surface area contributed by atoms with Gasteiger partial charge in [0.15, 0.2) is 0 Å². The molecule has 1 fully saturated rings. The number of para-hydroxylation sites is 1. The summed E-state index contributed by atoms with van der Waals surface area (Å²) in [5.74, 6) is 0.0499. The Morgan fingerprint density at radius 1 is 1.39 bits per heavy atom. The zero-order valence-electron chi connectivity index (χ0n) is 13.3. The Morgan fingerprint density at radius 3 is 3.17 bits per heavy atom. The first-order valence-corrected chi connectivity index (χ1v) is 8.34.